The largest absolute Gasteiger partial charge is 0.326 e. The summed E-state index contributed by atoms with van der Waals surface area (Å²) >= 11 is 0. The zero-order valence-electron chi connectivity index (χ0n) is 9.57. The number of hydrogen-bond acceptors (Lipinski definition) is 1. The van der Waals surface area contributed by atoms with Crippen LogP contribution in [0.3, 0.4) is 0 Å². The molecule has 0 aromatic heterocycles. The van der Waals surface area contributed by atoms with Crippen LogP contribution in [-0.2, 0) is 12.9 Å². The highest BCUT2D eigenvalue weighted by Gasteiger charge is 1.98. The normalized spacial score (nSPS) is 10.2. The van der Waals surface area contributed by atoms with Crippen molar-refractivity contribution in [2.24, 2.45) is 5.73 Å². The van der Waals surface area contributed by atoms with Gasteiger partial charge in [0, 0.05) is 6.54 Å². The molecule has 0 aliphatic carbocycles. The Kier molecular flexibility index (Phi) is 3.94. The molecule has 85 valence electrons. The van der Waals surface area contributed by atoms with E-state index in [1.54, 1.807) is 12.1 Å². The van der Waals surface area contributed by atoms with Gasteiger partial charge < -0.3 is 5.73 Å². The molecule has 2 aromatic rings. The van der Waals surface area contributed by atoms with Crippen molar-refractivity contribution in [3.8, 4) is 0 Å². The molecule has 0 amide bonds. The minimum atomic E-state index is -0.200. The highest BCUT2D eigenvalue weighted by molar-refractivity contribution is 6.52. The lowest BCUT2D eigenvalue weighted by Gasteiger charge is -2.02. The molecule has 3 heteroatoms. The number of hydrogen-bond donors (Lipinski definition) is 1. The molecule has 0 atom stereocenters. The van der Waals surface area contributed by atoms with E-state index in [2.05, 4.69) is 19.4 Å². The molecular formula is C14H14BFN. The number of benzene rings is 2. The second kappa shape index (κ2) is 5.64. The summed E-state index contributed by atoms with van der Waals surface area (Å²) in [5, 5.41) is 0. The minimum Gasteiger partial charge on any atom is -0.326 e. The lowest BCUT2D eigenvalue weighted by Crippen LogP contribution is -2.16. The maximum atomic E-state index is 12.7. The molecule has 1 nitrogen and oxygen atoms in total. The molecule has 0 bridgehead atoms. The summed E-state index contributed by atoms with van der Waals surface area (Å²) in [6.45, 7) is 0.571. The van der Waals surface area contributed by atoms with E-state index in [0.717, 1.165) is 17.3 Å². The predicted molar refractivity (Wildman–Crippen MR) is 69.8 cm³/mol. The fraction of sp³-hybridized carbons (Fsp3) is 0.143. The van der Waals surface area contributed by atoms with E-state index < -0.39 is 0 Å². The van der Waals surface area contributed by atoms with Gasteiger partial charge in [-0.15, -0.1) is 0 Å². The summed E-state index contributed by atoms with van der Waals surface area (Å²) in [6.07, 6.45) is 0.844. The Hall–Kier alpha value is -1.61. The molecule has 0 saturated heterocycles. The van der Waals surface area contributed by atoms with E-state index in [-0.39, 0.29) is 5.82 Å². The van der Waals surface area contributed by atoms with Crippen molar-refractivity contribution in [2.75, 3.05) is 0 Å². The summed E-state index contributed by atoms with van der Waals surface area (Å²) in [4.78, 5) is 0. The maximum Gasteiger partial charge on any atom is 0.156 e. The van der Waals surface area contributed by atoms with Crippen LogP contribution in [0, 0.1) is 5.82 Å². The van der Waals surface area contributed by atoms with Gasteiger partial charge in [-0.3, -0.25) is 0 Å². The summed E-state index contributed by atoms with van der Waals surface area (Å²) < 4.78 is 12.7. The molecule has 0 unspecified atom stereocenters. The Balaban J connectivity index is 1.95. The summed E-state index contributed by atoms with van der Waals surface area (Å²) in [5.74, 6) is -0.200. The molecule has 0 fully saturated rings. The minimum absolute atomic E-state index is 0.200. The van der Waals surface area contributed by atoms with Crippen LogP contribution in [-0.4, -0.2) is 7.28 Å². The van der Waals surface area contributed by atoms with Gasteiger partial charge in [-0.1, -0.05) is 47.4 Å². The molecular weight excluding hydrogens is 212 g/mol. The monoisotopic (exact) mass is 226 g/mol. The second-order valence-corrected chi connectivity index (χ2v) is 3.98. The molecule has 0 heterocycles. The standard InChI is InChI=1S/C14H14BFN/c16-14-7-5-13(6-8-14)15-9-11-1-3-12(10-17)4-2-11/h1-8H,9-10,17H2. The molecule has 2 N–H and O–H groups in total. The van der Waals surface area contributed by atoms with Crippen molar-refractivity contribution in [1.82, 2.24) is 0 Å². The van der Waals surface area contributed by atoms with E-state index in [9.17, 15) is 4.39 Å². The van der Waals surface area contributed by atoms with Crippen LogP contribution in [0.1, 0.15) is 11.1 Å². The first-order valence-corrected chi connectivity index (χ1v) is 5.64. The third-order valence-corrected chi connectivity index (χ3v) is 2.70. The Labute approximate surface area is 102 Å². The van der Waals surface area contributed by atoms with Crippen molar-refractivity contribution in [2.45, 2.75) is 12.9 Å². The van der Waals surface area contributed by atoms with E-state index >= 15 is 0 Å². The zero-order valence-corrected chi connectivity index (χ0v) is 9.57. The van der Waals surface area contributed by atoms with Gasteiger partial charge in [-0.25, -0.2) is 4.39 Å². The average molecular weight is 226 g/mol. The molecule has 17 heavy (non-hydrogen) atoms. The van der Waals surface area contributed by atoms with Crippen molar-refractivity contribution >= 4 is 12.7 Å². The van der Waals surface area contributed by atoms with Gasteiger partial charge in [0.1, 0.15) is 5.82 Å². The Bertz CT molecular complexity index is 465. The van der Waals surface area contributed by atoms with Gasteiger partial charge in [0.05, 0.1) is 0 Å². The summed E-state index contributed by atoms with van der Waals surface area (Å²) in [6, 6.07) is 14.7. The molecule has 2 rings (SSSR count). The van der Waals surface area contributed by atoms with Gasteiger partial charge in [0.2, 0.25) is 0 Å². The van der Waals surface area contributed by atoms with Gasteiger partial charge in [0.15, 0.2) is 7.28 Å². The van der Waals surface area contributed by atoms with Crippen LogP contribution >= 0.6 is 0 Å². The van der Waals surface area contributed by atoms with Gasteiger partial charge in [0.25, 0.3) is 0 Å². The Morgan fingerprint density at radius 3 is 2.06 bits per heavy atom. The van der Waals surface area contributed by atoms with Crippen molar-refractivity contribution in [1.29, 1.82) is 0 Å². The molecule has 0 saturated carbocycles. The highest BCUT2D eigenvalue weighted by Crippen LogP contribution is 2.04. The number of halogens is 1. The quantitative estimate of drug-likeness (QED) is 0.790. The fourth-order valence-electron chi connectivity index (χ4n) is 1.65. The lowest BCUT2D eigenvalue weighted by atomic mass is 9.65. The Morgan fingerprint density at radius 2 is 1.47 bits per heavy atom. The molecule has 1 radical (unpaired) electrons. The fourth-order valence-corrected chi connectivity index (χ4v) is 1.65. The van der Waals surface area contributed by atoms with Crippen LogP contribution < -0.4 is 11.2 Å². The third kappa shape index (κ3) is 3.43. The van der Waals surface area contributed by atoms with Crippen molar-refractivity contribution in [3.63, 3.8) is 0 Å². The van der Waals surface area contributed by atoms with E-state index in [1.165, 1.54) is 17.7 Å². The van der Waals surface area contributed by atoms with E-state index in [1.807, 2.05) is 12.1 Å². The third-order valence-electron chi connectivity index (χ3n) is 2.70. The van der Waals surface area contributed by atoms with Crippen LogP contribution in [0.5, 0.6) is 0 Å². The average Bonchev–Trinajstić information content (AvgIpc) is 2.39. The smallest absolute Gasteiger partial charge is 0.156 e. The van der Waals surface area contributed by atoms with Crippen LogP contribution in [0.15, 0.2) is 48.5 Å². The van der Waals surface area contributed by atoms with E-state index in [4.69, 9.17) is 5.73 Å². The van der Waals surface area contributed by atoms with Crippen molar-refractivity contribution < 1.29 is 4.39 Å². The predicted octanol–water partition coefficient (Wildman–Crippen LogP) is 1.81. The lowest BCUT2D eigenvalue weighted by molar-refractivity contribution is 0.628. The second-order valence-electron chi connectivity index (χ2n) is 3.98. The van der Waals surface area contributed by atoms with Crippen molar-refractivity contribution in [3.05, 3.63) is 65.5 Å². The van der Waals surface area contributed by atoms with Crippen LogP contribution in [0.2, 0.25) is 0 Å². The van der Waals surface area contributed by atoms with Crippen LogP contribution in [0.25, 0.3) is 0 Å². The van der Waals surface area contributed by atoms with E-state index in [0.29, 0.717) is 6.54 Å². The summed E-state index contributed by atoms with van der Waals surface area (Å²) in [5.41, 5.74) is 8.94. The Morgan fingerprint density at radius 1 is 0.882 bits per heavy atom. The van der Waals surface area contributed by atoms with Gasteiger partial charge in [-0.2, -0.15) is 0 Å². The SMILES string of the molecule is NCc1ccc(C[B]c2ccc(F)cc2)cc1. The highest BCUT2D eigenvalue weighted by atomic mass is 19.1. The molecule has 0 aliphatic heterocycles. The van der Waals surface area contributed by atoms with Gasteiger partial charge >= 0.3 is 0 Å². The first-order chi connectivity index (χ1) is 8.28. The van der Waals surface area contributed by atoms with Gasteiger partial charge in [-0.05, 0) is 24.0 Å². The topological polar surface area (TPSA) is 26.0 Å². The zero-order chi connectivity index (χ0) is 12.1. The molecule has 0 spiro atoms. The first kappa shape index (κ1) is 11.9. The number of nitrogens with two attached hydrogens (primary N) is 1. The molecule has 0 aliphatic rings. The summed E-state index contributed by atoms with van der Waals surface area (Å²) in [7, 11) is 2.08. The number of rotatable bonds is 4. The maximum absolute atomic E-state index is 12.7. The molecule has 2 aromatic carbocycles. The van der Waals surface area contributed by atoms with Crippen LogP contribution in [0.4, 0.5) is 4.39 Å². The first-order valence-electron chi connectivity index (χ1n) is 5.64.